The molecule has 0 aromatic heterocycles. The molecular formula is C28H45I2NO5V. The van der Waals surface area contributed by atoms with E-state index < -0.39 is 5.79 Å². The Kier molecular flexibility index (Phi) is 14.5. The average Bonchev–Trinajstić information content (AvgIpc) is 2.82. The SMILES string of the molecule is CCC(C)C(=O)OC1C[C@@H](C)C=C2C=CC(C)[C@H](CCC3CC(CC(=O)NC)OC(C)(C)O3)C21.[I][V][I]. The second kappa shape index (κ2) is 16.0. The van der Waals surface area contributed by atoms with Crippen molar-refractivity contribution in [1.82, 2.24) is 5.32 Å². The maximum atomic E-state index is 12.7. The Hall–Kier alpha value is 0.384. The predicted molar refractivity (Wildman–Crippen MR) is 161 cm³/mol. The van der Waals surface area contributed by atoms with Crippen molar-refractivity contribution < 1.29 is 33.3 Å². The molecule has 6 nitrogen and oxygen atoms in total. The number of nitrogens with one attached hydrogen (secondary N) is 1. The monoisotopic (exact) mass is 780 g/mol. The Labute approximate surface area is 253 Å². The molecule has 8 atom stereocenters. The number of ether oxygens (including phenoxy) is 3. The van der Waals surface area contributed by atoms with Gasteiger partial charge in [-0.05, 0) is 62.9 Å². The first-order chi connectivity index (χ1) is 17.4. The van der Waals surface area contributed by atoms with Crippen LogP contribution in [0, 0.1) is 29.6 Å². The van der Waals surface area contributed by atoms with Gasteiger partial charge in [0.15, 0.2) is 5.79 Å². The van der Waals surface area contributed by atoms with Crippen molar-refractivity contribution >= 4 is 51.8 Å². The van der Waals surface area contributed by atoms with Gasteiger partial charge < -0.3 is 19.5 Å². The number of halogens is 2. The number of fused-ring (bicyclic) bond motifs is 1. The summed E-state index contributed by atoms with van der Waals surface area (Å²) in [5.74, 6) is 0.524. The number of carbonyl (C=O) groups excluding carboxylic acids is 2. The van der Waals surface area contributed by atoms with Gasteiger partial charge in [0, 0.05) is 19.4 Å². The Morgan fingerprint density at radius 3 is 2.46 bits per heavy atom. The third-order valence-electron chi connectivity index (χ3n) is 7.82. The van der Waals surface area contributed by atoms with Gasteiger partial charge in [0.05, 0.1) is 24.5 Å². The molecule has 1 fully saturated rings. The van der Waals surface area contributed by atoms with Crippen molar-refractivity contribution in [1.29, 1.82) is 0 Å². The Morgan fingerprint density at radius 2 is 1.84 bits per heavy atom. The first kappa shape index (κ1) is 33.6. The van der Waals surface area contributed by atoms with Gasteiger partial charge in [0.2, 0.25) is 5.91 Å². The summed E-state index contributed by atoms with van der Waals surface area (Å²) >= 11 is 4.74. The van der Waals surface area contributed by atoms with Crippen LogP contribution in [0.5, 0.6) is 0 Å². The van der Waals surface area contributed by atoms with E-state index in [2.05, 4.69) is 77.4 Å². The molecule has 1 aliphatic heterocycles. The number of allylic oxidation sites excluding steroid dienone is 3. The molecule has 0 aromatic carbocycles. The first-order valence-corrected chi connectivity index (χ1v) is 22.5. The van der Waals surface area contributed by atoms with E-state index in [1.54, 1.807) is 7.05 Å². The quantitative estimate of drug-likeness (QED) is 0.214. The summed E-state index contributed by atoms with van der Waals surface area (Å²) in [4.78, 5) is 24.6. The molecule has 1 N–H and O–H groups in total. The first-order valence-electron chi connectivity index (χ1n) is 13.5. The van der Waals surface area contributed by atoms with E-state index in [1.165, 1.54) is 5.57 Å². The van der Waals surface area contributed by atoms with Gasteiger partial charge in [-0.15, -0.1) is 0 Å². The van der Waals surface area contributed by atoms with Crippen molar-refractivity contribution in [3.63, 3.8) is 0 Å². The third kappa shape index (κ3) is 10.4. The predicted octanol–water partition coefficient (Wildman–Crippen LogP) is 6.94. The molecule has 1 saturated heterocycles. The zero-order chi connectivity index (χ0) is 27.8. The molecule has 0 radical (unpaired) electrons. The van der Waals surface area contributed by atoms with Crippen LogP contribution < -0.4 is 5.32 Å². The van der Waals surface area contributed by atoms with Crippen LogP contribution in [0.25, 0.3) is 0 Å². The van der Waals surface area contributed by atoms with E-state index in [-0.39, 0.29) is 42.0 Å². The fourth-order valence-electron chi connectivity index (χ4n) is 5.86. The van der Waals surface area contributed by atoms with Crippen LogP contribution in [0.3, 0.4) is 0 Å². The van der Waals surface area contributed by atoms with Crippen molar-refractivity contribution in [3.05, 3.63) is 23.8 Å². The molecular weight excluding hydrogens is 735 g/mol. The second-order valence-corrected chi connectivity index (χ2v) is 23.0. The van der Waals surface area contributed by atoms with Gasteiger partial charge >= 0.3 is 55.4 Å². The van der Waals surface area contributed by atoms with E-state index in [1.807, 2.05) is 27.7 Å². The van der Waals surface area contributed by atoms with E-state index in [4.69, 9.17) is 14.2 Å². The normalized spacial score (nSPS) is 33.1. The average molecular weight is 780 g/mol. The molecule has 3 aliphatic rings. The molecule has 37 heavy (non-hydrogen) atoms. The van der Waals surface area contributed by atoms with Crippen molar-refractivity contribution in [2.24, 2.45) is 29.6 Å². The maximum absolute atomic E-state index is 12.7. The minimum atomic E-state index is -0.709. The number of esters is 1. The number of hydrogen-bond donors (Lipinski definition) is 1. The van der Waals surface area contributed by atoms with Crippen LogP contribution in [0.4, 0.5) is 0 Å². The Morgan fingerprint density at radius 1 is 1.19 bits per heavy atom. The van der Waals surface area contributed by atoms with Gasteiger partial charge in [-0.3, -0.25) is 9.59 Å². The summed E-state index contributed by atoms with van der Waals surface area (Å²) in [7, 11) is 2.28. The summed E-state index contributed by atoms with van der Waals surface area (Å²) in [6, 6.07) is 0. The number of rotatable bonds is 8. The van der Waals surface area contributed by atoms with Gasteiger partial charge in [0.1, 0.15) is 6.10 Å². The van der Waals surface area contributed by atoms with E-state index in [9.17, 15) is 9.59 Å². The standard InChI is InChI=1S/C28H45NO5.2HI.V/c1-8-18(3)27(31)32-24-14-17(2)13-20-10-9-19(4)23(26(20)24)12-11-21-15-22(16-25(30)29-7)34-28(5,6)33-21;;;/h9-10,13,17-19,21-24,26H,8,11-12,14-16H2,1-7H3,(H,29,30);2*1H;/q;;;+2/p-2/t17-,18?,19?,21?,22?,23-,24?,26?;;;/m0.../s1. The fourth-order valence-corrected chi connectivity index (χ4v) is 5.86. The van der Waals surface area contributed by atoms with Gasteiger partial charge in [-0.25, -0.2) is 0 Å². The topological polar surface area (TPSA) is 73.9 Å². The van der Waals surface area contributed by atoms with Gasteiger partial charge in [-0.2, -0.15) is 0 Å². The molecule has 1 heterocycles. The number of hydrogen-bond acceptors (Lipinski definition) is 5. The van der Waals surface area contributed by atoms with Crippen LogP contribution in [-0.2, 0) is 33.3 Å². The van der Waals surface area contributed by atoms with E-state index >= 15 is 0 Å². The molecule has 0 saturated carbocycles. The molecule has 1 amide bonds. The summed E-state index contributed by atoms with van der Waals surface area (Å²) in [6.45, 7) is 12.3. The number of carbonyl (C=O) groups is 2. The van der Waals surface area contributed by atoms with E-state index in [0.29, 0.717) is 40.1 Å². The molecule has 0 aromatic rings. The molecule has 3 rings (SSSR count). The number of amides is 1. The Bertz CT molecular complexity index is 820. The fraction of sp³-hybridized carbons (Fsp3) is 0.786. The van der Waals surface area contributed by atoms with Crippen molar-refractivity contribution in [3.8, 4) is 0 Å². The van der Waals surface area contributed by atoms with Crippen LogP contribution in [0.2, 0.25) is 0 Å². The zero-order valence-corrected chi connectivity index (χ0v) is 29.0. The Balaban J connectivity index is 0.00000153. The molecule has 0 spiro atoms. The van der Waals surface area contributed by atoms with Crippen molar-refractivity contribution in [2.45, 2.75) is 104 Å². The summed E-state index contributed by atoms with van der Waals surface area (Å²) < 4.78 is 18.4. The molecule has 6 unspecified atom stereocenters. The van der Waals surface area contributed by atoms with E-state index in [0.717, 1.165) is 25.7 Å². The summed E-state index contributed by atoms with van der Waals surface area (Å²) in [5, 5.41) is 2.70. The summed E-state index contributed by atoms with van der Waals surface area (Å²) in [6.07, 6.45) is 11.3. The molecule has 2 aliphatic carbocycles. The van der Waals surface area contributed by atoms with Crippen LogP contribution in [0.1, 0.15) is 80.1 Å². The minimum absolute atomic E-state index is 0.00967. The molecule has 211 valence electrons. The second-order valence-electron chi connectivity index (χ2n) is 11.2. The van der Waals surface area contributed by atoms with Crippen LogP contribution in [-0.4, -0.2) is 43.0 Å². The molecule has 9 heteroatoms. The van der Waals surface area contributed by atoms with Gasteiger partial charge in [0.25, 0.3) is 0 Å². The third-order valence-corrected chi connectivity index (χ3v) is 7.82. The van der Waals surface area contributed by atoms with Crippen molar-refractivity contribution in [2.75, 3.05) is 7.05 Å². The van der Waals surface area contributed by atoms with Crippen LogP contribution >= 0.6 is 40.0 Å². The van der Waals surface area contributed by atoms with Gasteiger partial charge in [-0.1, -0.05) is 45.9 Å². The molecule has 0 bridgehead atoms. The van der Waals surface area contributed by atoms with Crippen LogP contribution in [0.15, 0.2) is 23.8 Å². The summed E-state index contributed by atoms with van der Waals surface area (Å²) in [5.41, 5.74) is 1.31. The zero-order valence-electron chi connectivity index (χ0n) is 23.3.